The number of hydrogen-bond acceptors (Lipinski definition) is 5. The highest BCUT2D eigenvalue weighted by atomic mass is 16.6. The molecule has 2 aliphatic rings. The van der Waals surface area contributed by atoms with Gasteiger partial charge in [-0.05, 0) is 27.7 Å². The fraction of sp³-hybridized carbons (Fsp3) is 0.786. The smallest absolute Gasteiger partial charge is 0.410 e. The highest BCUT2D eigenvalue weighted by Crippen LogP contribution is 2.12. The Kier molecular flexibility index (Phi) is 4.30. The van der Waals surface area contributed by atoms with Gasteiger partial charge in [0, 0.05) is 26.2 Å². The van der Waals surface area contributed by atoms with Crippen LogP contribution in [0.25, 0.3) is 0 Å². The first-order valence-electron chi connectivity index (χ1n) is 7.16. The third kappa shape index (κ3) is 3.95. The van der Waals surface area contributed by atoms with Crippen molar-refractivity contribution in [1.82, 2.24) is 9.80 Å². The van der Waals surface area contributed by atoms with E-state index in [1.54, 1.807) is 4.90 Å². The first kappa shape index (κ1) is 14.8. The summed E-state index contributed by atoms with van der Waals surface area (Å²) in [7, 11) is 0. The van der Waals surface area contributed by atoms with E-state index in [0.717, 1.165) is 25.5 Å². The number of piperazine rings is 1. The van der Waals surface area contributed by atoms with Crippen LogP contribution in [0.3, 0.4) is 0 Å². The number of carbonyl (C=O) groups excluding carboxylic acids is 1. The van der Waals surface area contributed by atoms with Crippen LogP contribution in [0.1, 0.15) is 27.7 Å². The van der Waals surface area contributed by atoms with Gasteiger partial charge >= 0.3 is 6.09 Å². The quantitative estimate of drug-likeness (QED) is 0.674. The number of nitrogens with zero attached hydrogens (tertiary/aromatic N) is 4. The molecule has 0 N–H and O–H groups in total. The summed E-state index contributed by atoms with van der Waals surface area (Å²) in [5.41, 5.74) is -0.440. The molecule has 0 aromatic carbocycles. The largest absolute Gasteiger partial charge is 0.444 e. The first-order valence-corrected chi connectivity index (χ1v) is 7.16. The average Bonchev–Trinajstić information content (AvgIpc) is 2.38. The summed E-state index contributed by atoms with van der Waals surface area (Å²) in [5, 5.41) is 0. The molecule has 0 aliphatic carbocycles. The molecule has 20 heavy (non-hydrogen) atoms. The van der Waals surface area contributed by atoms with Crippen LogP contribution >= 0.6 is 0 Å². The van der Waals surface area contributed by atoms with Crippen molar-refractivity contribution in [2.45, 2.75) is 39.3 Å². The second-order valence-electron chi connectivity index (χ2n) is 6.28. The van der Waals surface area contributed by atoms with Crippen molar-refractivity contribution in [2.75, 3.05) is 32.7 Å². The molecule has 0 spiro atoms. The molecular weight excluding hydrogens is 256 g/mol. The van der Waals surface area contributed by atoms with E-state index < -0.39 is 5.60 Å². The molecule has 1 atom stereocenters. The molecule has 2 aliphatic heterocycles. The summed E-state index contributed by atoms with van der Waals surface area (Å²) < 4.78 is 5.38. The predicted molar refractivity (Wildman–Crippen MR) is 79.6 cm³/mol. The number of ether oxygens (including phenoxy) is 1. The van der Waals surface area contributed by atoms with Crippen LogP contribution in [-0.4, -0.2) is 72.3 Å². The number of rotatable bonds is 0. The molecule has 1 saturated heterocycles. The fourth-order valence-electron chi connectivity index (χ4n) is 2.13. The van der Waals surface area contributed by atoms with E-state index in [1.807, 2.05) is 27.0 Å². The minimum absolute atomic E-state index is 0.231. The Morgan fingerprint density at radius 1 is 1.30 bits per heavy atom. The lowest BCUT2D eigenvalue weighted by atomic mass is 10.2. The van der Waals surface area contributed by atoms with E-state index in [9.17, 15) is 4.79 Å². The predicted octanol–water partition coefficient (Wildman–Crippen LogP) is 1.41. The maximum absolute atomic E-state index is 12.0. The Balaban J connectivity index is 1.84. The molecule has 1 unspecified atom stereocenters. The zero-order valence-electron chi connectivity index (χ0n) is 12.8. The van der Waals surface area contributed by atoms with Crippen molar-refractivity contribution < 1.29 is 9.53 Å². The molecule has 0 aromatic heterocycles. The van der Waals surface area contributed by atoms with Gasteiger partial charge in [0.1, 0.15) is 11.4 Å². The summed E-state index contributed by atoms with van der Waals surface area (Å²) in [6, 6.07) is 0.279. The van der Waals surface area contributed by atoms with E-state index in [-0.39, 0.29) is 12.1 Å². The number of aliphatic imine (C=N–C) groups is 2. The van der Waals surface area contributed by atoms with Gasteiger partial charge in [-0.15, -0.1) is 0 Å². The molecule has 6 heteroatoms. The molecule has 0 bridgehead atoms. The summed E-state index contributed by atoms with van der Waals surface area (Å²) in [6.45, 7) is 11.3. The lowest BCUT2D eigenvalue weighted by Crippen LogP contribution is -2.52. The van der Waals surface area contributed by atoms with Crippen molar-refractivity contribution >= 4 is 18.1 Å². The van der Waals surface area contributed by atoms with Crippen LogP contribution in [-0.2, 0) is 4.74 Å². The van der Waals surface area contributed by atoms with Gasteiger partial charge in [0.15, 0.2) is 0 Å². The number of amides is 1. The van der Waals surface area contributed by atoms with Crippen LogP contribution in [0, 0.1) is 0 Å². The maximum atomic E-state index is 12.0. The van der Waals surface area contributed by atoms with Crippen LogP contribution in [0.4, 0.5) is 4.79 Å². The lowest BCUT2D eigenvalue weighted by molar-refractivity contribution is 0.0188. The first-order chi connectivity index (χ1) is 9.35. The van der Waals surface area contributed by atoms with Gasteiger partial charge in [-0.3, -0.25) is 9.98 Å². The summed E-state index contributed by atoms with van der Waals surface area (Å²) in [6.07, 6.45) is 1.61. The molecule has 112 valence electrons. The second-order valence-corrected chi connectivity index (χ2v) is 6.28. The van der Waals surface area contributed by atoms with Crippen LogP contribution in [0.5, 0.6) is 0 Å². The van der Waals surface area contributed by atoms with Crippen molar-refractivity contribution in [3.8, 4) is 0 Å². The van der Waals surface area contributed by atoms with Crippen molar-refractivity contribution in [1.29, 1.82) is 0 Å². The van der Waals surface area contributed by atoms with Crippen LogP contribution in [0.2, 0.25) is 0 Å². The second kappa shape index (κ2) is 5.81. The SMILES string of the molecule is CC1CN=C(N2CCN(C(=O)OC(C)(C)C)CC2)C=N1. The van der Waals surface area contributed by atoms with Gasteiger partial charge in [-0.2, -0.15) is 0 Å². The third-order valence-electron chi connectivity index (χ3n) is 3.22. The van der Waals surface area contributed by atoms with Gasteiger partial charge in [0.05, 0.1) is 18.8 Å². The summed E-state index contributed by atoms with van der Waals surface area (Å²) in [5.74, 6) is 0.937. The molecule has 0 radical (unpaired) electrons. The highest BCUT2D eigenvalue weighted by molar-refractivity contribution is 6.29. The Hall–Kier alpha value is -1.59. The van der Waals surface area contributed by atoms with Gasteiger partial charge in [-0.1, -0.05) is 0 Å². The standard InChI is InChI=1S/C14H24N4O2/c1-11-9-16-12(10-15-11)17-5-7-18(8-6-17)13(19)20-14(2,3)4/h10-11H,5-9H2,1-4H3. The van der Waals surface area contributed by atoms with E-state index >= 15 is 0 Å². The Bertz CT molecular complexity index is 417. The Labute approximate surface area is 120 Å². The Morgan fingerprint density at radius 3 is 2.45 bits per heavy atom. The maximum Gasteiger partial charge on any atom is 0.410 e. The molecular formula is C14H24N4O2. The fourth-order valence-corrected chi connectivity index (χ4v) is 2.13. The number of amidine groups is 1. The zero-order valence-corrected chi connectivity index (χ0v) is 12.8. The zero-order chi connectivity index (χ0) is 14.8. The van der Waals surface area contributed by atoms with Crippen LogP contribution in [0.15, 0.2) is 9.98 Å². The normalized spacial score (nSPS) is 23.6. The molecule has 1 fully saturated rings. The minimum Gasteiger partial charge on any atom is -0.444 e. The van der Waals surface area contributed by atoms with Crippen molar-refractivity contribution in [2.24, 2.45) is 9.98 Å². The van der Waals surface area contributed by atoms with Gasteiger partial charge in [-0.25, -0.2) is 4.79 Å². The molecule has 6 nitrogen and oxygen atoms in total. The van der Waals surface area contributed by atoms with Gasteiger partial charge < -0.3 is 14.5 Å². The molecule has 1 amide bonds. The lowest BCUT2D eigenvalue weighted by Gasteiger charge is -2.36. The topological polar surface area (TPSA) is 57.5 Å². The van der Waals surface area contributed by atoms with E-state index in [0.29, 0.717) is 13.1 Å². The summed E-state index contributed by atoms with van der Waals surface area (Å²) in [4.78, 5) is 24.8. The van der Waals surface area contributed by atoms with E-state index in [2.05, 4.69) is 21.8 Å². The minimum atomic E-state index is -0.440. The molecule has 0 saturated carbocycles. The highest BCUT2D eigenvalue weighted by Gasteiger charge is 2.27. The van der Waals surface area contributed by atoms with Gasteiger partial charge in [0.2, 0.25) is 0 Å². The number of hydrogen-bond donors (Lipinski definition) is 0. The monoisotopic (exact) mass is 280 g/mol. The molecule has 2 heterocycles. The molecule has 2 rings (SSSR count). The van der Waals surface area contributed by atoms with Crippen molar-refractivity contribution in [3.63, 3.8) is 0 Å². The summed E-state index contributed by atoms with van der Waals surface area (Å²) >= 11 is 0. The molecule has 0 aromatic rings. The average molecular weight is 280 g/mol. The van der Waals surface area contributed by atoms with Crippen molar-refractivity contribution in [3.05, 3.63) is 0 Å². The van der Waals surface area contributed by atoms with E-state index in [4.69, 9.17) is 4.74 Å². The Morgan fingerprint density at radius 2 is 1.95 bits per heavy atom. The van der Waals surface area contributed by atoms with Gasteiger partial charge in [0.25, 0.3) is 0 Å². The van der Waals surface area contributed by atoms with E-state index in [1.165, 1.54) is 0 Å². The number of carbonyl (C=O) groups is 1. The third-order valence-corrected chi connectivity index (χ3v) is 3.22. The van der Waals surface area contributed by atoms with Crippen LogP contribution < -0.4 is 0 Å².